The number of carboxylic acids is 1. The van der Waals surface area contributed by atoms with Crippen LogP contribution in [0.1, 0.15) is 10.9 Å². The van der Waals surface area contributed by atoms with Crippen LogP contribution in [0.25, 0.3) is 10.1 Å². The highest BCUT2D eigenvalue weighted by Crippen LogP contribution is 2.30. The Kier molecular flexibility index (Phi) is 2.65. The largest absolute Gasteiger partial charge is 0.480 e. The molecule has 0 aliphatic heterocycles. The van der Waals surface area contributed by atoms with Gasteiger partial charge in [0, 0.05) is 14.6 Å². The maximum Gasteiger partial charge on any atom is 0.325 e. The Bertz CT molecular complexity index is 523. The third-order valence-electron chi connectivity index (χ3n) is 2.07. The quantitative estimate of drug-likeness (QED) is 0.850. The lowest BCUT2D eigenvalue weighted by molar-refractivity contribution is -0.138. The zero-order valence-electron chi connectivity index (χ0n) is 7.61. The summed E-state index contributed by atoms with van der Waals surface area (Å²) < 4.78 is 0.953. The number of nitrogens with two attached hydrogens (primary N) is 1. The van der Waals surface area contributed by atoms with Gasteiger partial charge in [-0.15, -0.1) is 11.3 Å². The van der Waals surface area contributed by atoms with Gasteiger partial charge in [0.1, 0.15) is 6.04 Å². The van der Waals surface area contributed by atoms with E-state index in [4.69, 9.17) is 22.4 Å². The summed E-state index contributed by atoms with van der Waals surface area (Å²) in [6.07, 6.45) is 0. The van der Waals surface area contributed by atoms with Gasteiger partial charge in [-0.3, -0.25) is 4.79 Å². The standard InChI is InChI=1S/C10H8ClNO2S/c11-6-2-1-5-3-8(9(12)10(13)14)15-7(5)4-6/h1-4,9H,12H2,(H,13,14). The maximum absolute atomic E-state index is 10.7. The summed E-state index contributed by atoms with van der Waals surface area (Å²) in [5.74, 6) is -1.02. The number of rotatable bonds is 2. The molecule has 0 saturated carbocycles. The fraction of sp³-hybridized carbons (Fsp3) is 0.100. The van der Waals surface area contributed by atoms with Crippen LogP contribution in [-0.2, 0) is 4.79 Å². The van der Waals surface area contributed by atoms with Gasteiger partial charge in [0.2, 0.25) is 0 Å². The second-order valence-electron chi connectivity index (χ2n) is 3.15. The van der Waals surface area contributed by atoms with Gasteiger partial charge in [0.05, 0.1) is 0 Å². The number of thiophene rings is 1. The lowest BCUT2D eigenvalue weighted by Crippen LogP contribution is -2.19. The first kappa shape index (κ1) is 10.4. The summed E-state index contributed by atoms with van der Waals surface area (Å²) in [5, 5.41) is 10.4. The van der Waals surface area contributed by atoms with Crippen molar-refractivity contribution in [2.75, 3.05) is 0 Å². The van der Waals surface area contributed by atoms with Gasteiger partial charge in [-0.2, -0.15) is 0 Å². The van der Waals surface area contributed by atoms with Crippen LogP contribution in [0.4, 0.5) is 0 Å². The minimum absolute atomic E-state index is 0.639. The fourth-order valence-electron chi connectivity index (χ4n) is 1.30. The van der Waals surface area contributed by atoms with Crippen LogP contribution in [0.2, 0.25) is 5.02 Å². The Morgan fingerprint density at radius 3 is 2.87 bits per heavy atom. The molecule has 0 fully saturated rings. The number of hydrogen-bond acceptors (Lipinski definition) is 3. The summed E-state index contributed by atoms with van der Waals surface area (Å²) in [6, 6.07) is 6.26. The van der Waals surface area contributed by atoms with E-state index < -0.39 is 12.0 Å². The minimum atomic E-state index is -1.02. The Hall–Kier alpha value is -1.10. The van der Waals surface area contributed by atoms with Crippen molar-refractivity contribution in [3.05, 3.63) is 34.2 Å². The molecule has 1 aromatic heterocycles. The van der Waals surface area contributed by atoms with Crippen LogP contribution in [0, 0.1) is 0 Å². The molecule has 0 spiro atoms. The SMILES string of the molecule is NC(C(=O)O)c1cc2ccc(Cl)cc2s1. The number of hydrogen-bond donors (Lipinski definition) is 2. The summed E-state index contributed by atoms with van der Waals surface area (Å²) in [7, 11) is 0. The zero-order valence-corrected chi connectivity index (χ0v) is 9.18. The monoisotopic (exact) mass is 241 g/mol. The molecule has 1 atom stereocenters. The molecule has 15 heavy (non-hydrogen) atoms. The normalized spacial score (nSPS) is 12.9. The maximum atomic E-state index is 10.7. The van der Waals surface area contributed by atoms with E-state index in [9.17, 15) is 4.79 Å². The average Bonchev–Trinajstić information content (AvgIpc) is 2.58. The first-order chi connectivity index (χ1) is 7.08. The predicted octanol–water partition coefficient (Wildman–Crippen LogP) is 2.64. The summed E-state index contributed by atoms with van der Waals surface area (Å²) in [5.41, 5.74) is 5.52. The number of fused-ring (bicyclic) bond motifs is 1. The third kappa shape index (κ3) is 1.97. The van der Waals surface area contributed by atoms with Crippen molar-refractivity contribution in [1.29, 1.82) is 0 Å². The van der Waals surface area contributed by atoms with Crippen LogP contribution >= 0.6 is 22.9 Å². The van der Waals surface area contributed by atoms with E-state index in [0.717, 1.165) is 10.1 Å². The van der Waals surface area contributed by atoms with Crippen LogP contribution in [0.5, 0.6) is 0 Å². The number of halogens is 1. The Morgan fingerprint density at radius 1 is 1.47 bits per heavy atom. The van der Waals surface area contributed by atoms with Crippen LogP contribution in [0.15, 0.2) is 24.3 Å². The average molecular weight is 242 g/mol. The molecule has 78 valence electrons. The van der Waals surface area contributed by atoms with Gasteiger partial charge in [0.15, 0.2) is 0 Å². The molecule has 1 aromatic carbocycles. The van der Waals surface area contributed by atoms with Crippen molar-refractivity contribution in [1.82, 2.24) is 0 Å². The first-order valence-corrected chi connectivity index (χ1v) is 5.45. The van der Waals surface area contributed by atoms with Crippen LogP contribution in [0.3, 0.4) is 0 Å². The molecule has 0 aliphatic carbocycles. The summed E-state index contributed by atoms with van der Waals surface area (Å²) >= 11 is 7.19. The predicted molar refractivity (Wildman–Crippen MR) is 61.4 cm³/mol. The highest BCUT2D eigenvalue weighted by atomic mass is 35.5. The molecule has 3 nitrogen and oxygen atoms in total. The van der Waals surface area contributed by atoms with E-state index in [1.807, 2.05) is 6.07 Å². The molecule has 2 aromatic rings. The van der Waals surface area contributed by atoms with Gasteiger partial charge < -0.3 is 10.8 Å². The summed E-state index contributed by atoms with van der Waals surface area (Å²) in [6.45, 7) is 0. The third-order valence-corrected chi connectivity index (χ3v) is 3.49. The van der Waals surface area contributed by atoms with Gasteiger partial charge >= 0.3 is 5.97 Å². The fourth-order valence-corrected chi connectivity index (χ4v) is 2.64. The number of carboxylic acid groups (broad SMARTS) is 1. The van der Waals surface area contributed by atoms with Crippen molar-refractivity contribution in [3.8, 4) is 0 Å². The molecule has 0 saturated heterocycles. The van der Waals surface area contributed by atoms with E-state index in [0.29, 0.717) is 9.90 Å². The van der Waals surface area contributed by atoms with Crippen molar-refractivity contribution >= 4 is 39.0 Å². The molecule has 0 aliphatic rings. The number of benzene rings is 1. The lowest BCUT2D eigenvalue weighted by atomic mass is 10.2. The highest BCUT2D eigenvalue weighted by Gasteiger charge is 2.16. The van der Waals surface area contributed by atoms with E-state index >= 15 is 0 Å². The van der Waals surface area contributed by atoms with Crippen molar-refractivity contribution < 1.29 is 9.90 Å². The molecule has 1 unspecified atom stereocenters. The minimum Gasteiger partial charge on any atom is -0.480 e. The molecule has 0 radical (unpaired) electrons. The van der Waals surface area contributed by atoms with E-state index in [1.54, 1.807) is 18.2 Å². The molecule has 1 heterocycles. The Morgan fingerprint density at radius 2 is 2.20 bits per heavy atom. The van der Waals surface area contributed by atoms with E-state index in [-0.39, 0.29) is 0 Å². The van der Waals surface area contributed by atoms with Crippen molar-refractivity contribution in [2.45, 2.75) is 6.04 Å². The number of carbonyl (C=O) groups is 1. The molecule has 0 amide bonds. The first-order valence-electron chi connectivity index (χ1n) is 4.25. The van der Waals surface area contributed by atoms with Crippen molar-refractivity contribution in [2.24, 2.45) is 5.73 Å². The van der Waals surface area contributed by atoms with Crippen molar-refractivity contribution in [3.63, 3.8) is 0 Å². The van der Waals surface area contributed by atoms with Gasteiger partial charge in [-0.05, 0) is 23.6 Å². The van der Waals surface area contributed by atoms with Gasteiger partial charge in [0.25, 0.3) is 0 Å². The lowest BCUT2D eigenvalue weighted by Gasteiger charge is -2.00. The Labute approximate surface area is 95.1 Å². The molecule has 3 N–H and O–H groups in total. The van der Waals surface area contributed by atoms with E-state index in [2.05, 4.69) is 0 Å². The van der Waals surface area contributed by atoms with Crippen LogP contribution < -0.4 is 5.73 Å². The molecule has 0 bridgehead atoms. The number of aliphatic carboxylic acids is 1. The smallest absolute Gasteiger partial charge is 0.325 e. The topological polar surface area (TPSA) is 63.3 Å². The molecular formula is C10H8ClNO2S. The zero-order chi connectivity index (χ0) is 11.0. The molecule has 2 rings (SSSR count). The van der Waals surface area contributed by atoms with Crippen LogP contribution in [-0.4, -0.2) is 11.1 Å². The second-order valence-corrected chi connectivity index (χ2v) is 4.70. The Balaban J connectivity index is 2.51. The molecule has 5 heteroatoms. The second kappa shape index (κ2) is 3.81. The molecular weight excluding hydrogens is 234 g/mol. The highest BCUT2D eigenvalue weighted by molar-refractivity contribution is 7.19. The van der Waals surface area contributed by atoms with Gasteiger partial charge in [-0.25, -0.2) is 0 Å². The van der Waals surface area contributed by atoms with E-state index in [1.165, 1.54) is 11.3 Å². The van der Waals surface area contributed by atoms with Gasteiger partial charge in [-0.1, -0.05) is 17.7 Å². The summed E-state index contributed by atoms with van der Waals surface area (Å²) in [4.78, 5) is 11.3.